The lowest BCUT2D eigenvalue weighted by atomic mass is 10.1. The van der Waals surface area contributed by atoms with Gasteiger partial charge in [0.05, 0.1) is 16.3 Å². The Morgan fingerprint density at radius 2 is 2.00 bits per heavy atom. The van der Waals surface area contributed by atoms with Crippen LogP contribution in [0.2, 0.25) is 0 Å². The van der Waals surface area contributed by atoms with E-state index in [4.69, 9.17) is 0 Å². The van der Waals surface area contributed by atoms with Gasteiger partial charge in [-0.2, -0.15) is 5.10 Å². The van der Waals surface area contributed by atoms with Gasteiger partial charge in [0.15, 0.2) is 9.84 Å². The first-order valence-corrected chi connectivity index (χ1v) is 7.18. The first kappa shape index (κ1) is 10.5. The van der Waals surface area contributed by atoms with E-state index in [-0.39, 0.29) is 5.75 Å². The van der Waals surface area contributed by atoms with Gasteiger partial charge in [0, 0.05) is 18.3 Å². The Bertz CT molecular complexity index is 659. The normalized spacial score (nSPS) is 17.6. The molecule has 0 saturated carbocycles. The molecule has 0 fully saturated rings. The quantitative estimate of drug-likeness (QED) is 0.713. The third-order valence-electron chi connectivity index (χ3n) is 3.00. The summed E-state index contributed by atoms with van der Waals surface area (Å²) in [5.41, 5.74) is 1.63. The van der Waals surface area contributed by atoms with Crippen LogP contribution in [0, 0.1) is 0 Å². The molecule has 0 aliphatic carbocycles. The Hall–Kier alpha value is -1.62. The molecule has 2 aromatic rings. The first-order chi connectivity index (χ1) is 8.18. The van der Waals surface area contributed by atoms with E-state index in [1.165, 1.54) is 0 Å². The molecule has 3 rings (SSSR count). The highest BCUT2D eigenvalue weighted by molar-refractivity contribution is 7.91. The van der Waals surface area contributed by atoms with Gasteiger partial charge in [-0.15, -0.1) is 0 Å². The van der Waals surface area contributed by atoms with E-state index in [1.807, 2.05) is 22.9 Å². The van der Waals surface area contributed by atoms with Gasteiger partial charge in [-0.05, 0) is 18.6 Å². The molecule has 0 radical (unpaired) electrons. The Balaban J connectivity index is 2.34. The highest BCUT2D eigenvalue weighted by Gasteiger charge is 2.23. The number of aryl methyl sites for hydroxylation is 1. The average Bonchev–Trinajstić information content (AvgIpc) is 2.75. The van der Waals surface area contributed by atoms with Gasteiger partial charge in [0.1, 0.15) is 0 Å². The predicted octanol–water partition coefficient (Wildman–Crippen LogP) is 1.73. The van der Waals surface area contributed by atoms with Crippen molar-refractivity contribution in [3.05, 3.63) is 36.5 Å². The predicted molar refractivity (Wildman–Crippen MR) is 64.3 cm³/mol. The summed E-state index contributed by atoms with van der Waals surface area (Å²) in [6, 6.07) is 8.99. The molecule has 1 aromatic carbocycles. The van der Waals surface area contributed by atoms with Crippen LogP contribution in [0.4, 0.5) is 0 Å². The van der Waals surface area contributed by atoms with Gasteiger partial charge in [-0.1, -0.05) is 18.2 Å². The number of rotatable bonds is 0. The number of nitrogens with zero attached hydrogens (tertiary/aromatic N) is 2. The average molecular weight is 248 g/mol. The fraction of sp³-hybridized carbons (Fsp3) is 0.250. The fourth-order valence-electron chi connectivity index (χ4n) is 2.20. The van der Waals surface area contributed by atoms with Gasteiger partial charge < -0.3 is 0 Å². The molecule has 1 aromatic heterocycles. The van der Waals surface area contributed by atoms with Crippen LogP contribution in [0.3, 0.4) is 0 Å². The second-order valence-corrected chi connectivity index (χ2v) is 6.19. The van der Waals surface area contributed by atoms with Crippen molar-refractivity contribution in [3.63, 3.8) is 0 Å². The summed E-state index contributed by atoms with van der Waals surface area (Å²) in [7, 11) is -3.16. The largest absolute Gasteiger partial charge is 0.265 e. The van der Waals surface area contributed by atoms with Gasteiger partial charge in [0.2, 0.25) is 0 Å². The van der Waals surface area contributed by atoms with Gasteiger partial charge in [0.25, 0.3) is 0 Å². The smallest absolute Gasteiger partial charge is 0.179 e. The zero-order valence-electron chi connectivity index (χ0n) is 9.20. The SMILES string of the molecule is O=S1(=O)CCCn2nccc2-c2ccccc21. The van der Waals surface area contributed by atoms with E-state index < -0.39 is 9.84 Å². The number of benzene rings is 1. The maximum absolute atomic E-state index is 12.1. The summed E-state index contributed by atoms with van der Waals surface area (Å²) >= 11 is 0. The molecule has 0 amide bonds. The van der Waals surface area contributed by atoms with Crippen LogP contribution in [0.1, 0.15) is 6.42 Å². The second kappa shape index (κ2) is 3.70. The molecule has 5 heteroatoms. The second-order valence-electron chi connectivity index (χ2n) is 4.11. The number of aromatic nitrogens is 2. The van der Waals surface area contributed by atoms with Crippen molar-refractivity contribution < 1.29 is 8.42 Å². The molecule has 1 aliphatic rings. The van der Waals surface area contributed by atoms with Crippen LogP contribution in [-0.4, -0.2) is 24.0 Å². The molecular weight excluding hydrogens is 236 g/mol. The Labute approximate surface area is 99.8 Å². The highest BCUT2D eigenvalue weighted by Crippen LogP contribution is 2.29. The molecule has 1 aliphatic heterocycles. The van der Waals surface area contributed by atoms with Crippen molar-refractivity contribution in [1.82, 2.24) is 9.78 Å². The van der Waals surface area contributed by atoms with Crippen LogP contribution in [-0.2, 0) is 16.4 Å². The van der Waals surface area contributed by atoms with E-state index in [2.05, 4.69) is 5.10 Å². The highest BCUT2D eigenvalue weighted by atomic mass is 32.2. The summed E-state index contributed by atoms with van der Waals surface area (Å²) in [4.78, 5) is 0.418. The third-order valence-corrected chi connectivity index (χ3v) is 4.85. The van der Waals surface area contributed by atoms with Crippen molar-refractivity contribution in [1.29, 1.82) is 0 Å². The number of hydrogen-bond donors (Lipinski definition) is 0. The van der Waals surface area contributed by atoms with Crippen molar-refractivity contribution in [2.75, 3.05) is 5.75 Å². The van der Waals surface area contributed by atoms with Crippen LogP contribution in [0.25, 0.3) is 11.3 Å². The molecule has 88 valence electrons. The Kier molecular flexibility index (Phi) is 2.29. The monoisotopic (exact) mass is 248 g/mol. The summed E-state index contributed by atoms with van der Waals surface area (Å²) in [6.07, 6.45) is 2.31. The van der Waals surface area contributed by atoms with Crippen molar-refractivity contribution in [2.45, 2.75) is 17.9 Å². The van der Waals surface area contributed by atoms with Gasteiger partial charge >= 0.3 is 0 Å². The lowest BCUT2D eigenvalue weighted by molar-refractivity contribution is 0.569. The van der Waals surface area contributed by atoms with E-state index in [0.717, 1.165) is 11.3 Å². The molecule has 0 saturated heterocycles. The van der Waals surface area contributed by atoms with E-state index in [1.54, 1.807) is 18.3 Å². The number of hydrogen-bond acceptors (Lipinski definition) is 3. The van der Waals surface area contributed by atoms with Crippen molar-refractivity contribution in [2.24, 2.45) is 0 Å². The third kappa shape index (κ3) is 1.67. The van der Waals surface area contributed by atoms with E-state index >= 15 is 0 Å². The summed E-state index contributed by atoms with van der Waals surface area (Å²) in [6.45, 7) is 0.649. The van der Waals surface area contributed by atoms with Crippen LogP contribution in [0.15, 0.2) is 41.4 Å². The van der Waals surface area contributed by atoms with Crippen molar-refractivity contribution >= 4 is 9.84 Å². The minimum atomic E-state index is -3.16. The molecular formula is C12H12N2O2S. The molecule has 0 unspecified atom stereocenters. The van der Waals surface area contributed by atoms with Crippen LogP contribution >= 0.6 is 0 Å². The molecule has 0 spiro atoms. The fourth-order valence-corrected chi connectivity index (χ4v) is 3.73. The van der Waals surface area contributed by atoms with E-state index in [9.17, 15) is 8.42 Å². The van der Waals surface area contributed by atoms with E-state index in [0.29, 0.717) is 17.9 Å². The molecule has 4 nitrogen and oxygen atoms in total. The zero-order valence-corrected chi connectivity index (χ0v) is 10.0. The van der Waals surface area contributed by atoms with Gasteiger partial charge in [-0.3, -0.25) is 4.68 Å². The number of fused-ring (bicyclic) bond motifs is 3. The molecule has 2 heterocycles. The maximum atomic E-state index is 12.1. The van der Waals surface area contributed by atoms with Gasteiger partial charge in [-0.25, -0.2) is 8.42 Å². The molecule has 17 heavy (non-hydrogen) atoms. The lowest BCUT2D eigenvalue weighted by Crippen LogP contribution is -2.15. The molecule has 0 atom stereocenters. The van der Waals surface area contributed by atoms with Crippen LogP contribution in [0.5, 0.6) is 0 Å². The first-order valence-electron chi connectivity index (χ1n) is 5.52. The Morgan fingerprint density at radius 1 is 1.18 bits per heavy atom. The summed E-state index contributed by atoms with van der Waals surface area (Å²) in [5, 5.41) is 4.23. The Morgan fingerprint density at radius 3 is 2.88 bits per heavy atom. The lowest BCUT2D eigenvalue weighted by Gasteiger charge is -2.15. The summed E-state index contributed by atoms with van der Waals surface area (Å²) < 4.78 is 26.2. The summed E-state index contributed by atoms with van der Waals surface area (Å²) in [5.74, 6) is 0.184. The zero-order chi connectivity index (χ0) is 11.9. The maximum Gasteiger partial charge on any atom is 0.179 e. The minimum absolute atomic E-state index is 0.184. The van der Waals surface area contributed by atoms with Crippen molar-refractivity contribution in [3.8, 4) is 11.3 Å². The topological polar surface area (TPSA) is 52.0 Å². The standard InChI is InChI=1S/C12H12N2O2S/c15-17(16)9-3-8-14-11(6-7-13-14)10-4-1-2-5-12(10)17/h1-2,4-7H,3,8-9H2. The van der Waals surface area contributed by atoms with Crippen LogP contribution < -0.4 is 0 Å². The molecule has 0 bridgehead atoms. The number of sulfone groups is 1. The molecule has 0 N–H and O–H groups in total. The minimum Gasteiger partial charge on any atom is -0.265 e.